The van der Waals surface area contributed by atoms with Crippen molar-refractivity contribution in [3.05, 3.63) is 18.0 Å². The summed E-state index contributed by atoms with van der Waals surface area (Å²) in [5.74, 6) is 0. The van der Waals surface area contributed by atoms with E-state index in [0.29, 0.717) is 13.1 Å². The number of nitrogens with one attached hydrogen (secondary N) is 1. The van der Waals surface area contributed by atoms with E-state index in [2.05, 4.69) is 10.3 Å². The van der Waals surface area contributed by atoms with Crippen LogP contribution in [0.2, 0.25) is 0 Å². The molecule has 0 spiro atoms. The molecule has 0 aromatic carbocycles. The summed E-state index contributed by atoms with van der Waals surface area (Å²) in [6.07, 6.45) is -3.44. The molecule has 4 nitrogen and oxygen atoms in total. The van der Waals surface area contributed by atoms with Gasteiger partial charge in [0.05, 0.1) is 17.6 Å². The minimum Gasteiger partial charge on any atom is -0.396 e. The summed E-state index contributed by atoms with van der Waals surface area (Å²) in [5, 5.41) is 2.85. The van der Waals surface area contributed by atoms with Crippen molar-refractivity contribution in [2.75, 3.05) is 38.2 Å². The molecule has 1 heterocycles. The van der Waals surface area contributed by atoms with Crippen LogP contribution in [0.25, 0.3) is 0 Å². The van der Waals surface area contributed by atoms with Crippen molar-refractivity contribution < 1.29 is 13.2 Å². The first-order valence-corrected chi connectivity index (χ1v) is 5.02. The van der Waals surface area contributed by atoms with Crippen molar-refractivity contribution in [1.29, 1.82) is 0 Å². The largest absolute Gasteiger partial charge is 0.433 e. The number of anilines is 2. The Hall–Kier alpha value is -1.50. The van der Waals surface area contributed by atoms with Crippen LogP contribution in [0.4, 0.5) is 24.5 Å². The maximum atomic E-state index is 12.4. The Bertz CT molecular complexity index is 376. The summed E-state index contributed by atoms with van der Waals surface area (Å²) >= 11 is 0. The van der Waals surface area contributed by atoms with Crippen molar-refractivity contribution in [3.63, 3.8) is 0 Å². The predicted octanol–water partition coefficient (Wildman–Crippen LogP) is 1.66. The minimum absolute atomic E-state index is 0.205. The topological polar surface area (TPSA) is 54.2 Å². The van der Waals surface area contributed by atoms with Crippen molar-refractivity contribution in [2.45, 2.75) is 6.18 Å². The number of likely N-dealkylation sites (N-methyl/N-ethyl adjacent to an activating group) is 1. The highest BCUT2D eigenvalue weighted by Crippen LogP contribution is 2.30. The van der Waals surface area contributed by atoms with Gasteiger partial charge in [0, 0.05) is 13.1 Å². The van der Waals surface area contributed by atoms with Crippen LogP contribution in [-0.2, 0) is 6.18 Å². The van der Waals surface area contributed by atoms with Crippen LogP contribution in [0.15, 0.2) is 12.3 Å². The Labute approximate surface area is 97.6 Å². The normalized spacial score (nSPS) is 11.9. The molecule has 0 amide bonds. The Morgan fingerprint density at radius 1 is 1.41 bits per heavy atom. The lowest BCUT2D eigenvalue weighted by Crippen LogP contribution is -2.21. The maximum Gasteiger partial charge on any atom is 0.433 e. The molecular formula is C10H15F3N4. The first-order chi connectivity index (χ1) is 7.80. The molecule has 7 heteroatoms. The smallest absolute Gasteiger partial charge is 0.396 e. The molecule has 0 atom stereocenters. The zero-order valence-electron chi connectivity index (χ0n) is 9.67. The molecular weight excluding hydrogens is 233 g/mol. The predicted molar refractivity (Wildman–Crippen MR) is 60.7 cm³/mol. The van der Waals surface area contributed by atoms with Crippen LogP contribution in [0.3, 0.4) is 0 Å². The molecule has 0 aliphatic heterocycles. The summed E-state index contributed by atoms with van der Waals surface area (Å²) in [6, 6.07) is 0.922. The Balaban J connectivity index is 2.77. The van der Waals surface area contributed by atoms with Crippen LogP contribution in [0.5, 0.6) is 0 Å². The highest BCUT2D eigenvalue weighted by atomic mass is 19.4. The Kier molecular flexibility index (Phi) is 4.17. The average Bonchev–Trinajstić information content (AvgIpc) is 2.18. The number of alkyl halides is 3. The van der Waals surface area contributed by atoms with Gasteiger partial charge in [-0.1, -0.05) is 0 Å². The van der Waals surface area contributed by atoms with E-state index < -0.39 is 11.9 Å². The number of hydrogen-bond acceptors (Lipinski definition) is 4. The zero-order valence-corrected chi connectivity index (χ0v) is 9.67. The van der Waals surface area contributed by atoms with E-state index in [1.165, 1.54) is 0 Å². The zero-order chi connectivity index (χ0) is 13.1. The van der Waals surface area contributed by atoms with E-state index in [9.17, 15) is 13.2 Å². The number of halogens is 3. The molecule has 1 rings (SSSR count). The summed E-state index contributed by atoms with van der Waals surface area (Å²) in [4.78, 5) is 5.16. The van der Waals surface area contributed by atoms with Crippen LogP contribution in [-0.4, -0.2) is 37.1 Å². The van der Waals surface area contributed by atoms with Crippen LogP contribution < -0.4 is 11.1 Å². The molecule has 1 aromatic rings. The second kappa shape index (κ2) is 5.22. The fourth-order valence-corrected chi connectivity index (χ4v) is 1.19. The average molecular weight is 248 g/mol. The molecule has 0 saturated heterocycles. The van der Waals surface area contributed by atoms with Gasteiger partial charge in [-0.2, -0.15) is 13.2 Å². The minimum atomic E-state index is -4.45. The summed E-state index contributed by atoms with van der Waals surface area (Å²) in [5.41, 5.74) is 5.06. The SMILES string of the molecule is CN(C)CCNc1cc(C(F)(F)F)ncc1N. The molecule has 0 bridgehead atoms. The van der Waals surface area contributed by atoms with E-state index in [0.717, 1.165) is 12.3 Å². The fraction of sp³-hybridized carbons (Fsp3) is 0.500. The molecule has 0 saturated carbocycles. The first-order valence-electron chi connectivity index (χ1n) is 5.02. The lowest BCUT2D eigenvalue weighted by atomic mass is 10.2. The van der Waals surface area contributed by atoms with Crippen molar-refractivity contribution >= 4 is 11.4 Å². The van der Waals surface area contributed by atoms with Gasteiger partial charge >= 0.3 is 6.18 Å². The van der Waals surface area contributed by atoms with Gasteiger partial charge in [0.2, 0.25) is 0 Å². The van der Waals surface area contributed by atoms with Crippen LogP contribution in [0.1, 0.15) is 5.69 Å². The number of rotatable bonds is 4. The number of nitrogens with zero attached hydrogens (tertiary/aromatic N) is 2. The molecule has 17 heavy (non-hydrogen) atoms. The first kappa shape index (κ1) is 13.6. The van der Waals surface area contributed by atoms with E-state index in [1.807, 2.05) is 19.0 Å². The second-order valence-electron chi connectivity index (χ2n) is 3.88. The summed E-state index contributed by atoms with van der Waals surface area (Å²) in [7, 11) is 3.75. The third kappa shape index (κ3) is 4.10. The van der Waals surface area contributed by atoms with Crippen LogP contribution >= 0.6 is 0 Å². The van der Waals surface area contributed by atoms with E-state index in [4.69, 9.17) is 5.73 Å². The van der Waals surface area contributed by atoms with Crippen molar-refractivity contribution in [3.8, 4) is 0 Å². The summed E-state index contributed by atoms with van der Waals surface area (Å²) < 4.78 is 37.2. The van der Waals surface area contributed by atoms with E-state index in [1.54, 1.807) is 0 Å². The molecule has 1 aromatic heterocycles. The monoisotopic (exact) mass is 248 g/mol. The summed E-state index contributed by atoms with van der Waals surface area (Å²) in [6.45, 7) is 1.21. The fourth-order valence-electron chi connectivity index (χ4n) is 1.19. The van der Waals surface area contributed by atoms with Crippen molar-refractivity contribution in [2.24, 2.45) is 0 Å². The molecule has 0 unspecified atom stereocenters. The molecule has 0 aliphatic rings. The number of aromatic nitrogens is 1. The van der Waals surface area contributed by atoms with Crippen molar-refractivity contribution in [1.82, 2.24) is 9.88 Å². The standard InChI is InChI=1S/C10H15F3N4/c1-17(2)4-3-15-8-5-9(10(11,12)13)16-6-7(8)14/h5-6H,3-4,14H2,1-2H3,(H,15,16). The van der Waals surface area contributed by atoms with E-state index >= 15 is 0 Å². The molecule has 0 radical (unpaired) electrons. The highest BCUT2D eigenvalue weighted by molar-refractivity contribution is 5.65. The van der Waals surface area contributed by atoms with Gasteiger partial charge in [-0.05, 0) is 20.2 Å². The Morgan fingerprint density at radius 2 is 2.06 bits per heavy atom. The number of pyridine rings is 1. The number of nitrogens with two attached hydrogens (primary N) is 1. The molecule has 0 fully saturated rings. The van der Waals surface area contributed by atoms with Gasteiger partial charge in [0.15, 0.2) is 0 Å². The Morgan fingerprint density at radius 3 is 2.59 bits per heavy atom. The molecule has 96 valence electrons. The quantitative estimate of drug-likeness (QED) is 0.850. The lowest BCUT2D eigenvalue weighted by Gasteiger charge is -2.14. The highest BCUT2D eigenvalue weighted by Gasteiger charge is 2.32. The number of nitrogen functional groups attached to an aromatic ring is 1. The lowest BCUT2D eigenvalue weighted by molar-refractivity contribution is -0.141. The molecule has 3 N–H and O–H groups in total. The van der Waals surface area contributed by atoms with Gasteiger partial charge in [0.25, 0.3) is 0 Å². The van der Waals surface area contributed by atoms with E-state index in [-0.39, 0.29) is 11.4 Å². The molecule has 0 aliphatic carbocycles. The third-order valence-corrected chi connectivity index (χ3v) is 2.10. The van der Waals surface area contributed by atoms with Crippen LogP contribution in [0, 0.1) is 0 Å². The van der Waals surface area contributed by atoms with Gasteiger partial charge in [0.1, 0.15) is 5.69 Å². The number of hydrogen-bond donors (Lipinski definition) is 2. The maximum absolute atomic E-state index is 12.4. The van der Waals surface area contributed by atoms with Gasteiger partial charge in [-0.3, -0.25) is 0 Å². The second-order valence-corrected chi connectivity index (χ2v) is 3.88. The van der Waals surface area contributed by atoms with Gasteiger partial charge in [-0.15, -0.1) is 0 Å². The third-order valence-electron chi connectivity index (χ3n) is 2.10. The van der Waals surface area contributed by atoms with Gasteiger partial charge in [-0.25, -0.2) is 4.98 Å². The van der Waals surface area contributed by atoms with Gasteiger partial charge < -0.3 is 16.0 Å².